The molecular formula is C15H16N4O. The molecule has 1 saturated carbocycles. The molecule has 1 aliphatic heterocycles. The van der Waals surface area contributed by atoms with Gasteiger partial charge in [-0.2, -0.15) is 0 Å². The van der Waals surface area contributed by atoms with Crippen molar-refractivity contribution in [2.45, 2.75) is 31.8 Å². The van der Waals surface area contributed by atoms with E-state index in [0.717, 1.165) is 34.9 Å². The average molecular weight is 268 g/mol. The fourth-order valence-corrected chi connectivity index (χ4v) is 2.52. The number of imidazole rings is 1. The summed E-state index contributed by atoms with van der Waals surface area (Å²) < 4.78 is 0. The fraction of sp³-hybridized carbons (Fsp3) is 0.333. The van der Waals surface area contributed by atoms with Crippen LogP contribution in [0, 0.1) is 0 Å². The number of H-pyrrole nitrogens is 1. The first-order valence-electron chi connectivity index (χ1n) is 6.98. The summed E-state index contributed by atoms with van der Waals surface area (Å²) in [5.74, 6) is 1.03. The maximum atomic E-state index is 11.4. The molecule has 1 amide bonds. The number of aromatic amines is 1. The lowest BCUT2D eigenvalue weighted by Gasteiger charge is -2.02. The summed E-state index contributed by atoms with van der Waals surface area (Å²) in [7, 11) is 0. The number of anilines is 1. The predicted octanol–water partition coefficient (Wildman–Crippen LogP) is 1.82. The van der Waals surface area contributed by atoms with E-state index in [1.807, 2.05) is 18.3 Å². The van der Waals surface area contributed by atoms with Gasteiger partial charge in [0.1, 0.15) is 5.82 Å². The molecule has 0 saturated heterocycles. The van der Waals surface area contributed by atoms with Crippen LogP contribution in [-0.2, 0) is 17.8 Å². The molecule has 5 heteroatoms. The number of nitrogens with one attached hydrogen (secondary N) is 3. The van der Waals surface area contributed by atoms with Gasteiger partial charge >= 0.3 is 0 Å². The predicted molar refractivity (Wildman–Crippen MR) is 76.2 cm³/mol. The van der Waals surface area contributed by atoms with Crippen molar-refractivity contribution >= 4 is 11.6 Å². The van der Waals surface area contributed by atoms with Gasteiger partial charge in [0.05, 0.1) is 24.9 Å². The van der Waals surface area contributed by atoms with Crippen molar-refractivity contribution < 1.29 is 4.79 Å². The monoisotopic (exact) mass is 268 g/mol. The van der Waals surface area contributed by atoms with Gasteiger partial charge < -0.3 is 15.6 Å². The second kappa shape index (κ2) is 4.45. The molecule has 2 aromatic rings. The standard InChI is InChI=1S/C15H16N4O/c20-15-6-10-5-9(1-4-12(10)19-15)13-7-17-14(18-13)8-16-11-2-3-11/h1,4-5,7,11,16H,2-3,6,8H2,(H,17,18)(H,19,20). The van der Waals surface area contributed by atoms with E-state index in [2.05, 4.69) is 26.7 Å². The second-order valence-corrected chi connectivity index (χ2v) is 5.50. The summed E-state index contributed by atoms with van der Waals surface area (Å²) >= 11 is 0. The Bertz CT molecular complexity index is 672. The van der Waals surface area contributed by atoms with Crippen molar-refractivity contribution in [3.63, 3.8) is 0 Å². The third kappa shape index (κ3) is 2.20. The van der Waals surface area contributed by atoms with Crippen LogP contribution >= 0.6 is 0 Å². The Morgan fingerprint density at radius 2 is 2.25 bits per heavy atom. The normalized spacial score (nSPS) is 17.1. The number of amides is 1. The van der Waals surface area contributed by atoms with E-state index in [4.69, 9.17) is 0 Å². The summed E-state index contributed by atoms with van der Waals surface area (Å²) in [4.78, 5) is 19.1. The molecule has 3 N–H and O–H groups in total. The van der Waals surface area contributed by atoms with Crippen LogP contribution in [0.3, 0.4) is 0 Å². The van der Waals surface area contributed by atoms with Crippen molar-refractivity contribution in [3.8, 4) is 11.3 Å². The van der Waals surface area contributed by atoms with Gasteiger partial charge in [-0.05, 0) is 36.1 Å². The fourth-order valence-electron chi connectivity index (χ4n) is 2.52. The molecule has 1 aromatic carbocycles. The smallest absolute Gasteiger partial charge is 0.228 e. The molecule has 2 heterocycles. The van der Waals surface area contributed by atoms with Gasteiger partial charge in [0.25, 0.3) is 0 Å². The zero-order chi connectivity index (χ0) is 13.5. The highest BCUT2D eigenvalue weighted by Crippen LogP contribution is 2.28. The number of fused-ring (bicyclic) bond motifs is 1. The average Bonchev–Trinajstić information content (AvgIpc) is 3.01. The molecule has 5 nitrogen and oxygen atoms in total. The van der Waals surface area contributed by atoms with Crippen molar-refractivity contribution in [3.05, 3.63) is 35.8 Å². The highest BCUT2D eigenvalue weighted by Gasteiger charge is 2.21. The van der Waals surface area contributed by atoms with Gasteiger partial charge in [-0.15, -0.1) is 0 Å². The Morgan fingerprint density at radius 3 is 3.10 bits per heavy atom. The number of carbonyl (C=O) groups is 1. The summed E-state index contributed by atoms with van der Waals surface area (Å²) in [6.07, 6.45) is 4.88. The van der Waals surface area contributed by atoms with E-state index in [-0.39, 0.29) is 5.91 Å². The third-order valence-electron chi connectivity index (χ3n) is 3.81. The highest BCUT2D eigenvalue weighted by atomic mass is 16.1. The third-order valence-corrected chi connectivity index (χ3v) is 3.81. The summed E-state index contributed by atoms with van der Waals surface area (Å²) in [6, 6.07) is 6.70. The number of rotatable bonds is 4. The van der Waals surface area contributed by atoms with Gasteiger partial charge in [0.2, 0.25) is 5.91 Å². The van der Waals surface area contributed by atoms with Gasteiger partial charge in [0.15, 0.2) is 0 Å². The first-order valence-corrected chi connectivity index (χ1v) is 6.98. The quantitative estimate of drug-likeness (QED) is 0.792. The lowest BCUT2D eigenvalue weighted by atomic mass is 10.1. The molecule has 1 fully saturated rings. The number of hydrogen-bond donors (Lipinski definition) is 3. The molecule has 102 valence electrons. The maximum absolute atomic E-state index is 11.4. The van der Waals surface area contributed by atoms with Gasteiger partial charge in [-0.3, -0.25) is 4.79 Å². The molecule has 1 aliphatic carbocycles. The number of nitrogens with zero attached hydrogens (tertiary/aromatic N) is 1. The van der Waals surface area contributed by atoms with Crippen molar-refractivity contribution in [2.24, 2.45) is 0 Å². The Morgan fingerprint density at radius 1 is 1.35 bits per heavy atom. The Kier molecular flexibility index (Phi) is 2.60. The van der Waals surface area contributed by atoms with E-state index < -0.39 is 0 Å². The molecule has 0 unspecified atom stereocenters. The molecule has 0 bridgehead atoms. The topological polar surface area (TPSA) is 69.8 Å². The number of hydrogen-bond acceptors (Lipinski definition) is 3. The van der Waals surface area contributed by atoms with Crippen molar-refractivity contribution in [1.29, 1.82) is 0 Å². The molecule has 2 aliphatic rings. The van der Waals surface area contributed by atoms with Crippen LogP contribution in [-0.4, -0.2) is 21.9 Å². The summed E-state index contributed by atoms with van der Waals surface area (Å²) in [5.41, 5.74) is 4.05. The van der Waals surface area contributed by atoms with Gasteiger partial charge in [-0.25, -0.2) is 4.98 Å². The van der Waals surface area contributed by atoms with E-state index >= 15 is 0 Å². The molecule has 0 radical (unpaired) electrons. The van der Waals surface area contributed by atoms with E-state index in [1.54, 1.807) is 0 Å². The van der Waals surface area contributed by atoms with Crippen LogP contribution in [0.4, 0.5) is 5.69 Å². The summed E-state index contributed by atoms with van der Waals surface area (Å²) in [6.45, 7) is 0.787. The largest absolute Gasteiger partial charge is 0.341 e. The molecule has 0 atom stereocenters. The zero-order valence-electron chi connectivity index (χ0n) is 11.1. The lowest BCUT2D eigenvalue weighted by molar-refractivity contribution is -0.115. The minimum absolute atomic E-state index is 0.0658. The lowest BCUT2D eigenvalue weighted by Crippen LogP contribution is -2.16. The van der Waals surface area contributed by atoms with Crippen molar-refractivity contribution in [1.82, 2.24) is 15.3 Å². The molecule has 4 rings (SSSR count). The summed E-state index contributed by atoms with van der Waals surface area (Å²) in [5, 5.41) is 6.28. The molecule has 0 spiro atoms. The Labute approximate surface area is 116 Å². The number of aromatic nitrogens is 2. The maximum Gasteiger partial charge on any atom is 0.228 e. The highest BCUT2D eigenvalue weighted by molar-refractivity contribution is 5.99. The van der Waals surface area contributed by atoms with Crippen LogP contribution in [0.25, 0.3) is 11.3 Å². The Hall–Kier alpha value is -2.14. The Balaban J connectivity index is 1.55. The van der Waals surface area contributed by atoms with Crippen LogP contribution in [0.2, 0.25) is 0 Å². The number of benzene rings is 1. The van der Waals surface area contributed by atoms with Gasteiger partial charge in [-0.1, -0.05) is 6.07 Å². The van der Waals surface area contributed by atoms with E-state index in [9.17, 15) is 4.79 Å². The second-order valence-electron chi connectivity index (χ2n) is 5.50. The number of carbonyl (C=O) groups excluding carboxylic acids is 1. The molecular weight excluding hydrogens is 252 g/mol. The van der Waals surface area contributed by atoms with Crippen molar-refractivity contribution in [2.75, 3.05) is 5.32 Å². The van der Waals surface area contributed by atoms with Crippen LogP contribution in [0.1, 0.15) is 24.2 Å². The molecule has 20 heavy (non-hydrogen) atoms. The van der Waals surface area contributed by atoms with E-state index in [0.29, 0.717) is 12.5 Å². The van der Waals surface area contributed by atoms with E-state index in [1.165, 1.54) is 12.8 Å². The minimum atomic E-state index is 0.0658. The van der Waals surface area contributed by atoms with Crippen LogP contribution in [0.15, 0.2) is 24.4 Å². The van der Waals surface area contributed by atoms with Crippen LogP contribution in [0.5, 0.6) is 0 Å². The minimum Gasteiger partial charge on any atom is -0.341 e. The SMILES string of the molecule is O=C1Cc2cc(-c3cnc(CNC4CC4)[nH]3)ccc2N1. The molecule has 1 aromatic heterocycles. The van der Waals surface area contributed by atoms with Gasteiger partial charge in [0, 0.05) is 11.7 Å². The first-order chi connectivity index (χ1) is 9.78. The zero-order valence-corrected chi connectivity index (χ0v) is 11.1. The first kappa shape index (κ1) is 11.7. The van der Waals surface area contributed by atoms with Crippen LogP contribution < -0.4 is 10.6 Å².